The number of hydrogen-bond acceptors (Lipinski definition) is 4. The van der Waals surface area contributed by atoms with Crippen LogP contribution in [0.3, 0.4) is 0 Å². The maximum absolute atomic E-state index is 12.8. The van der Waals surface area contributed by atoms with Gasteiger partial charge in [-0.05, 0) is 37.1 Å². The number of amides is 1. The molecule has 0 aliphatic carbocycles. The van der Waals surface area contributed by atoms with Crippen LogP contribution in [0.15, 0.2) is 53.4 Å². The lowest BCUT2D eigenvalue weighted by Gasteiger charge is -2.27. The first kappa shape index (κ1) is 18.2. The quantitative estimate of drug-likeness (QED) is 0.903. The molecule has 0 aliphatic heterocycles. The van der Waals surface area contributed by atoms with E-state index in [0.717, 1.165) is 11.8 Å². The summed E-state index contributed by atoms with van der Waals surface area (Å²) in [4.78, 5) is 12.9. The maximum Gasteiger partial charge on any atom is 0.260 e. The minimum absolute atomic E-state index is 0.155. The Hall–Kier alpha value is -2.18. The Labute approximate surface area is 142 Å². The zero-order valence-electron chi connectivity index (χ0n) is 14.2. The van der Waals surface area contributed by atoms with Crippen LogP contribution in [0, 0.1) is 6.92 Å². The van der Waals surface area contributed by atoms with Crippen molar-refractivity contribution in [3.63, 3.8) is 0 Å². The van der Waals surface area contributed by atoms with E-state index in [1.54, 1.807) is 19.9 Å². The van der Waals surface area contributed by atoms with Crippen LogP contribution in [-0.2, 0) is 25.0 Å². The molecule has 0 aromatic heterocycles. The summed E-state index contributed by atoms with van der Waals surface area (Å²) >= 11 is 0. The zero-order chi connectivity index (χ0) is 18.0. The summed E-state index contributed by atoms with van der Waals surface area (Å²) in [6, 6.07) is 13.8. The number of anilines is 1. The van der Waals surface area contributed by atoms with E-state index < -0.39 is 15.4 Å². The molecular weight excluding hydrogens is 326 g/mol. The first-order chi connectivity index (χ1) is 11.2. The molecule has 6 heteroatoms. The molecule has 0 heterocycles. The molecule has 2 rings (SSSR count). The van der Waals surface area contributed by atoms with Crippen LogP contribution in [-0.4, -0.2) is 27.7 Å². The molecule has 5 nitrogen and oxygen atoms in total. The fraction of sp³-hybridized carbons (Fsp3) is 0.278. The van der Waals surface area contributed by atoms with Crippen LogP contribution < -0.4 is 5.32 Å². The predicted molar refractivity (Wildman–Crippen MR) is 93.7 cm³/mol. The Morgan fingerprint density at radius 2 is 1.75 bits per heavy atom. The van der Waals surface area contributed by atoms with E-state index in [4.69, 9.17) is 4.74 Å². The highest BCUT2D eigenvalue weighted by Gasteiger charge is 2.35. The van der Waals surface area contributed by atoms with Gasteiger partial charge in [-0.1, -0.05) is 36.4 Å². The first-order valence-corrected chi connectivity index (χ1v) is 9.30. The topological polar surface area (TPSA) is 72.5 Å². The summed E-state index contributed by atoms with van der Waals surface area (Å²) in [5.74, 6) is -0.370. The van der Waals surface area contributed by atoms with E-state index >= 15 is 0 Å². The number of hydrogen-bond donors (Lipinski definition) is 1. The zero-order valence-corrected chi connectivity index (χ0v) is 15.0. The molecule has 2 aromatic carbocycles. The number of rotatable bonds is 5. The van der Waals surface area contributed by atoms with E-state index in [0.29, 0.717) is 11.3 Å². The molecule has 0 saturated carbocycles. The number of carbonyl (C=O) groups is 1. The summed E-state index contributed by atoms with van der Waals surface area (Å²) < 4.78 is 28.9. The highest BCUT2D eigenvalue weighted by atomic mass is 32.2. The molecule has 0 aliphatic rings. The molecule has 0 fully saturated rings. The second kappa shape index (κ2) is 6.75. The molecule has 0 bridgehead atoms. The molecule has 1 amide bonds. The molecular formula is C18H21NO4S. The summed E-state index contributed by atoms with van der Waals surface area (Å²) in [5, 5.41) is 2.78. The molecule has 1 N–H and O–H groups in total. The van der Waals surface area contributed by atoms with Crippen molar-refractivity contribution < 1.29 is 17.9 Å². The smallest absolute Gasteiger partial charge is 0.260 e. The monoisotopic (exact) mass is 347 g/mol. The van der Waals surface area contributed by atoms with Gasteiger partial charge in [-0.2, -0.15) is 0 Å². The van der Waals surface area contributed by atoms with Crippen molar-refractivity contribution in [2.45, 2.75) is 24.3 Å². The van der Waals surface area contributed by atoms with Gasteiger partial charge in [0.2, 0.25) is 0 Å². The largest absolute Gasteiger partial charge is 0.364 e. The summed E-state index contributed by atoms with van der Waals surface area (Å²) in [6.07, 6.45) is 1.13. The molecule has 24 heavy (non-hydrogen) atoms. The van der Waals surface area contributed by atoms with Crippen molar-refractivity contribution in [3.8, 4) is 0 Å². The predicted octanol–water partition coefficient (Wildman–Crippen LogP) is 2.90. The van der Waals surface area contributed by atoms with Crippen molar-refractivity contribution in [1.82, 2.24) is 0 Å². The summed E-state index contributed by atoms with van der Waals surface area (Å²) in [6.45, 7) is 3.47. The van der Waals surface area contributed by atoms with Crippen molar-refractivity contribution in [2.75, 3.05) is 18.7 Å². The highest BCUT2D eigenvalue weighted by molar-refractivity contribution is 7.90. The fourth-order valence-electron chi connectivity index (χ4n) is 2.31. The molecule has 128 valence electrons. The summed E-state index contributed by atoms with van der Waals surface area (Å²) in [5.41, 5.74) is 0.737. The van der Waals surface area contributed by atoms with Crippen molar-refractivity contribution >= 4 is 21.4 Å². The lowest BCUT2D eigenvalue weighted by molar-refractivity contribution is -0.136. The number of benzene rings is 2. The molecule has 0 unspecified atom stereocenters. The molecule has 0 saturated heterocycles. The lowest BCUT2D eigenvalue weighted by Crippen LogP contribution is -2.39. The van der Waals surface area contributed by atoms with Crippen LogP contribution >= 0.6 is 0 Å². The van der Waals surface area contributed by atoms with Gasteiger partial charge >= 0.3 is 0 Å². The minimum Gasteiger partial charge on any atom is -0.364 e. The Morgan fingerprint density at radius 1 is 1.12 bits per heavy atom. The Morgan fingerprint density at radius 3 is 2.29 bits per heavy atom. The Balaban J connectivity index is 2.38. The third kappa shape index (κ3) is 3.66. The standard InChI is InChI=1S/C18H21NO4S/c1-13-10-11-15(24(4,21)22)12-16(13)19-17(20)18(2,23-3)14-8-6-5-7-9-14/h5-12H,1-4H3,(H,19,20)/t18-/m0/s1. The fourth-order valence-corrected chi connectivity index (χ4v) is 2.95. The number of sulfone groups is 1. The van der Waals surface area contributed by atoms with Gasteiger partial charge in [0.25, 0.3) is 5.91 Å². The molecule has 2 aromatic rings. The summed E-state index contributed by atoms with van der Waals surface area (Å²) in [7, 11) is -1.89. The second-order valence-corrected chi connectivity index (χ2v) is 7.82. The van der Waals surface area contributed by atoms with E-state index in [9.17, 15) is 13.2 Å². The third-order valence-corrected chi connectivity index (χ3v) is 5.16. The van der Waals surface area contributed by atoms with E-state index in [2.05, 4.69) is 5.32 Å². The van der Waals surface area contributed by atoms with Gasteiger partial charge in [-0.3, -0.25) is 4.79 Å². The Kier molecular flexibility index (Phi) is 5.11. The van der Waals surface area contributed by atoms with Crippen molar-refractivity contribution in [1.29, 1.82) is 0 Å². The van der Waals surface area contributed by atoms with Gasteiger partial charge in [0.1, 0.15) is 0 Å². The number of carbonyl (C=O) groups excluding carboxylic acids is 1. The van der Waals surface area contributed by atoms with E-state index in [-0.39, 0.29) is 10.8 Å². The van der Waals surface area contributed by atoms with Crippen LogP contribution in [0.5, 0.6) is 0 Å². The maximum atomic E-state index is 12.8. The van der Waals surface area contributed by atoms with Gasteiger partial charge < -0.3 is 10.1 Å². The van der Waals surface area contributed by atoms with Crippen LogP contribution in [0.2, 0.25) is 0 Å². The van der Waals surface area contributed by atoms with Gasteiger partial charge in [0.05, 0.1) is 4.90 Å². The normalized spacial score (nSPS) is 14.0. The highest BCUT2D eigenvalue weighted by Crippen LogP contribution is 2.28. The van der Waals surface area contributed by atoms with Gasteiger partial charge in [0, 0.05) is 19.1 Å². The molecule has 0 spiro atoms. The van der Waals surface area contributed by atoms with Crippen molar-refractivity contribution in [2.24, 2.45) is 0 Å². The second-order valence-electron chi connectivity index (χ2n) is 5.81. The number of ether oxygens (including phenoxy) is 1. The third-order valence-electron chi connectivity index (χ3n) is 4.05. The first-order valence-electron chi connectivity index (χ1n) is 7.41. The van der Waals surface area contributed by atoms with E-state index in [1.807, 2.05) is 30.3 Å². The average Bonchev–Trinajstić information content (AvgIpc) is 2.55. The van der Waals surface area contributed by atoms with Crippen LogP contribution in [0.1, 0.15) is 18.1 Å². The number of aryl methyl sites for hydroxylation is 1. The van der Waals surface area contributed by atoms with E-state index in [1.165, 1.54) is 19.2 Å². The minimum atomic E-state index is -3.35. The van der Waals surface area contributed by atoms with Crippen LogP contribution in [0.25, 0.3) is 0 Å². The average molecular weight is 347 g/mol. The number of methoxy groups -OCH3 is 1. The van der Waals surface area contributed by atoms with Gasteiger partial charge in [-0.15, -0.1) is 0 Å². The molecule has 1 atom stereocenters. The SMILES string of the molecule is CO[C@](C)(C(=O)Nc1cc(S(C)(=O)=O)ccc1C)c1ccccc1. The Bertz CT molecular complexity index is 847. The number of nitrogens with one attached hydrogen (secondary N) is 1. The molecule has 0 radical (unpaired) electrons. The van der Waals surface area contributed by atoms with Crippen LogP contribution in [0.4, 0.5) is 5.69 Å². The lowest BCUT2D eigenvalue weighted by atomic mass is 9.94. The van der Waals surface area contributed by atoms with Gasteiger partial charge in [-0.25, -0.2) is 8.42 Å². The van der Waals surface area contributed by atoms with Gasteiger partial charge in [0.15, 0.2) is 15.4 Å². The van der Waals surface area contributed by atoms with Crippen molar-refractivity contribution in [3.05, 3.63) is 59.7 Å².